The van der Waals surface area contributed by atoms with Gasteiger partial charge in [-0.05, 0) is 25.0 Å². The molecule has 0 radical (unpaired) electrons. The maximum Gasteiger partial charge on any atom is 0.197 e. The van der Waals surface area contributed by atoms with Crippen LogP contribution in [0, 0.1) is 11.6 Å². The second-order valence-electron chi connectivity index (χ2n) is 4.88. The first-order valence-electron chi connectivity index (χ1n) is 6.26. The molecule has 1 aliphatic rings. The van der Waals surface area contributed by atoms with Crippen molar-refractivity contribution in [3.63, 3.8) is 0 Å². The molecule has 0 heterocycles. The topological polar surface area (TPSA) is 37.3 Å². The van der Waals surface area contributed by atoms with Gasteiger partial charge in [0.2, 0.25) is 0 Å². The average molecular weight is 254 g/mol. The van der Waals surface area contributed by atoms with Crippen LogP contribution in [0.25, 0.3) is 0 Å². The molecule has 18 heavy (non-hydrogen) atoms. The highest BCUT2D eigenvalue weighted by Gasteiger charge is 2.38. The zero-order valence-corrected chi connectivity index (χ0v) is 10.1. The molecule has 1 aliphatic carbocycles. The van der Waals surface area contributed by atoms with Crippen molar-refractivity contribution in [3.05, 3.63) is 35.4 Å². The molecule has 0 atom stereocenters. The minimum absolute atomic E-state index is 0.321. The first kappa shape index (κ1) is 13.1. The third-order valence-electron chi connectivity index (χ3n) is 3.55. The molecule has 1 N–H and O–H groups in total. The van der Waals surface area contributed by atoms with Crippen LogP contribution in [-0.2, 0) is 0 Å². The molecular formula is C14H16F2O2. The fourth-order valence-corrected chi connectivity index (χ4v) is 2.47. The SMILES string of the molecule is O=C(c1cccc(F)c1F)C1(O)CCCCCC1. The number of benzene rings is 1. The fourth-order valence-electron chi connectivity index (χ4n) is 2.47. The van der Waals surface area contributed by atoms with Crippen molar-refractivity contribution >= 4 is 5.78 Å². The van der Waals surface area contributed by atoms with E-state index in [1.165, 1.54) is 12.1 Å². The largest absolute Gasteiger partial charge is 0.382 e. The van der Waals surface area contributed by atoms with E-state index in [-0.39, 0.29) is 5.56 Å². The van der Waals surface area contributed by atoms with Gasteiger partial charge in [-0.15, -0.1) is 0 Å². The van der Waals surface area contributed by atoms with Crippen LogP contribution in [0.1, 0.15) is 48.9 Å². The lowest BCUT2D eigenvalue weighted by Crippen LogP contribution is -2.38. The predicted molar refractivity (Wildman–Crippen MR) is 63.3 cm³/mol. The van der Waals surface area contributed by atoms with Crippen molar-refractivity contribution in [2.24, 2.45) is 0 Å². The molecule has 0 spiro atoms. The summed E-state index contributed by atoms with van der Waals surface area (Å²) < 4.78 is 26.7. The Kier molecular flexibility index (Phi) is 3.76. The number of Topliss-reactive ketones (excluding diaryl/α,β-unsaturated/α-hetero) is 1. The second-order valence-corrected chi connectivity index (χ2v) is 4.88. The van der Waals surface area contributed by atoms with Crippen LogP contribution in [0.3, 0.4) is 0 Å². The van der Waals surface area contributed by atoms with Gasteiger partial charge in [0.1, 0.15) is 5.60 Å². The summed E-state index contributed by atoms with van der Waals surface area (Å²) in [6, 6.07) is 3.47. The van der Waals surface area contributed by atoms with Gasteiger partial charge in [-0.2, -0.15) is 0 Å². The van der Waals surface area contributed by atoms with Gasteiger partial charge in [-0.25, -0.2) is 8.78 Å². The lowest BCUT2D eigenvalue weighted by Gasteiger charge is -2.25. The van der Waals surface area contributed by atoms with E-state index < -0.39 is 23.0 Å². The molecule has 98 valence electrons. The van der Waals surface area contributed by atoms with Crippen LogP contribution in [0.15, 0.2) is 18.2 Å². The van der Waals surface area contributed by atoms with Crippen LogP contribution in [-0.4, -0.2) is 16.5 Å². The van der Waals surface area contributed by atoms with Crippen LogP contribution < -0.4 is 0 Å². The van der Waals surface area contributed by atoms with Gasteiger partial charge in [0, 0.05) is 0 Å². The number of aliphatic hydroxyl groups is 1. The number of hydrogen-bond donors (Lipinski definition) is 1. The number of halogens is 2. The molecule has 0 bridgehead atoms. The summed E-state index contributed by atoms with van der Waals surface area (Å²) in [6.45, 7) is 0. The first-order valence-corrected chi connectivity index (χ1v) is 6.26. The fraction of sp³-hybridized carbons (Fsp3) is 0.500. The third-order valence-corrected chi connectivity index (χ3v) is 3.55. The van der Waals surface area contributed by atoms with E-state index in [9.17, 15) is 18.7 Å². The minimum Gasteiger partial charge on any atom is -0.382 e. The Bertz CT molecular complexity index is 449. The Hall–Kier alpha value is -1.29. The Morgan fingerprint density at radius 3 is 2.33 bits per heavy atom. The zero-order valence-electron chi connectivity index (χ0n) is 10.1. The molecule has 2 nitrogen and oxygen atoms in total. The van der Waals surface area contributed by atoms with Gasteiger partial charge < -0.3 is 5.11 Å². The highest BCUT2D eigenvalue weighted by atomic mass is 19.2. The van der Waals surface area contributed by atoms with Gasteiger partial charge in [-0.3, -0.25) is 4.79 Å². The summed E-state index contributed by atoms with van der Waals surface area (Å²) in [7, 11) is 0. The molecule has 1 saturated carbocycles. The normalized spacial score (nSPS) is 19.3. The standard InChI is InChI=1S/C14H16F2O2/c15-11-7-5-6-10(12(11)16)13(17)14(18)8-3-1-2-4-9-14/h5-7,18H,1-4,8-9H2. The lowest BCUT2D eigenvalue weighted by atomic mass is 9.86. The summed E-state index contributed by atoms with van der Waals surface area (Å²) in [5, 5.41) is 10.3. The first-order chi connectivity index (χ1) is 8.54. The molecule has 1 aromatic carbocycles. The molecule has 0 aliphatic heterocycles. The maximum atomic E-state index is 13.6. The van der Waals surface area contributed by atoms with E-state index in [1.807, 2.05) is 0 Å². The van der Waals surface area contributed by atoms with Crippen LogP contribution in [0.5, 0.6) is 0 Å². The van der Waals surface area contributed by atoms with E-state index >= 15 is 0 Å². The summed E-state index contributed by atoms with van der Waals surface area (Å²) in [5.74, 6) is -2.92. The van der Waals surface area contributed by atoms with Crippen LogP contribution in [0.2, 0.25) is 0 Å². The Labute approximate surface area is 105 Å². The van der Waals surface area contributed by atoms with Crippen LogP contribution >= 0.6 is 0 Å². The summed E-state index contributed by atoms with van der Waals surface area (Å²) in [5.41, 5.74) is -1.88. The molecule has 0 amide bonds. The molecule has 0 saturated heterocycles. The van der Waals surface area contributed by atoms with E-state index in [0.717, 1.165) is 31.7 Å². The monoisotopic (exact) mass is 254 g/mol. The summed E-state index contributed by atoms with van der Waals surface area (Å²) >= 11 is 0. The predicted octanol–water partition coefficient (Wildman–Crippen LogP) is 3.23. The molecule has 0 aromatic heterocycles. The molecule has 4 heteroatoms. The Morgan fingerprint density at radius 1 is 1.11 bits per heavy atom. The average Bonchev–Trinajstić information content (AvgIpc) is 2.58. The van der Waals surface area contributed by atoms with E-state index in [0.29, 0.717) is 12.8 Å². The number of carbonyl (C=O) groups excluding carboxylic acids is 1. The van der Waals surface area contributed by atoms with E-state index in [4.69, 9.17) is 0 Å². The van der Waals surface area contributed by atoms with Crippen molar-refractivity contribution in [2.75, 3.05) is 0 Å². The highest BCUT2D eigenvalue weighted by Crippen LogP contribution is 2.31. The molecule has 1 fully saturated rings. The van der Waals surface area contributed by atoms with Crippen molar-refractivity contribution in [2.45, 2.75) is 44.1 Å². The van der Waals surface area contributed by atoms with Crippen molar-refractivity contribution in [1.82, 2.24) is 0 Å². The smallest absolute Gasteiger partial charge is 0.197 e. The number of ketones is 1. The molecule has 1 aromatic rings. The van der Waals surface area contributed by atoms with E-state index in [2.05, 4.69) is 0 Å². The van der Waals surface area contributed by atoms with Crippen molar-refractivity contribution in [3.8, 4) is 0 Å². The van der Waals surface area contributed by atoms with Crippen molar-refractivity contribution in [1.29, 1.82) is 0 Å². The van der Waals surface area contributed by atoms with Gasteiger partial charge in [0.15, 0.2) is 17.4 Å². The summed E-state index contributed by atoms with van der Waals surface area (Å²) in [4.78, 5) is 12.2. The number of hydrogen-bond acceptors (Lipinski definition) is 2. The third kappa shape index (κ3) is 2.43. The molecular weight excluding hydrogens is 238 g/mol. The van der Waals surface area contributed by atoms with Gasteiger partial charge in [0.25, 0.3) is 0 Å². The Balaban J connectivity index is 2.32. The maximum absolute atomic E-state index is 13.6. The minimum atomic E-state index is -1.54. The summed E-state index contributed by atoms with van der Waals surface area (Å²) in [6.07, 6.45) is 4.03. The molecule has 0 unspecified atom stereocenters. The zero-order chi connectivity index (χ0) is 13.2. The molecule has 2 rings (SSSR count). The van der Waals surface area contributed by atoms with E-state index in [1.54, 1.807) is 0 Å². The second kappa shape index (κ2) is 5.14. The number of rotatable bonds is 2. The quantitative estimate of drug-likeness (QED) is 0.650. The lowest BCUT2D eigenvalue weighted by molar-refractivity contribution is 0.0233. The van der Waals surface area contributed by atoms with Gasteiger partial charge in [-0.1, -0.05) is 31.7 Å². The Morgan fingerprint density at radius 2 is 1.72 bits per heavy atom. The van der Waals surface area contributed by atoms with Crippen molar-refractivity contribution < 1.29 is 18.7 Å². The highest BCUT2D eigenvalue weighted by molar-refractivity contribution is 6.02. The number of carbonyl (C=O) groups is 1. The van der Waals surface area contributed by atoms with Gasteiger partial charge >= 0.3 is 0 Å². The van der Waals surface area contributed by atoms with Gasteiger partial charge in [0.05, 0.1) is 5.56 Å². The van der Waals surface area contributed by atoms with Crippen LogP contribution in [0.4, 0.5) is 8.78 Å².